The van der Waals surface area contributed by atoms with Crippen molar-refractivity contribution in [3.8, 4) is 11.5 Å². The lowest BCUT2D eigenvalue weighted by Crippen LogP contribution is -2.37. The van der Waals surface area contributed by atoms with Crippen molar-refractivity contribution in [1.82, 2.24) is 30.2 Å². The third kappa shape index (κ3) is 4.74. The quantitative estimate of drug-likeness (QED) is 0.392. The number of hydrogen-bond donors (Lipinski definition) is 3. The van der Waals surface area contributed by atoms with Gasteiger partial charge in [0.25, 0.3) is 5.91 Å². The van der Waals surface area contributed by atoms with Crippen LogP contribution in [0.5, 0.6) is 11.5 Å². The number of anilines is 1. The van der Waals surface area contributed by atoms with Crippen molar-refractivity contribution in [1.29, 1.82) is 0 Å². The lowest BCUT2D eigenvalue weighted by Gasteiger charge is -2.26. The molecule has 4 heterocycles. The number of aromatic amines is 1. The first kappa shape index (κ1) is 23.0. The number of urea groups is 1. The summed E-state index contributed by atoms with van der Waals surface area (Å²) < 4.78 is 5.81. The topological polar surface area (TPSA) is 125 Å². The number of fused-ring (bicyclic) bond motifs is 1. The molecule has 0 atom stereocenters. The fourth-order valence-corrected chi connectivity index (χ4v) is 4.10. The molecule has 1 aliphatic heterocycles. The van der Waals surface area contributed by atoms with Gasteiger partial charge in [-0.15, -0.1) is 0 Å². The van der Waals surface area contributed by atoms with E-state index in [0.717, 1.165) is 27.9 Å². The molecular formula is C26H25N7O3. The molecule has 5 rings (SSSR count). The maximum atomic E-state index is 12.8. The van der Waals surface area contributed by atoms with Gasteiger partial charge in [-0.1, -0.05) is 6.08 Å². The number of carbonyl (C=O) groups excluding carboxylic acids is 2. The smallest absolute Gasteiger partial charge is 0.322 e. The molecule has 0 saturated carbocycles. The van der Waals surface area contributed by atoms with Crippen molar-refractivity contribution in [2.45, 2.75) is 13.3 Å². The van der Waals surface area contributed by atoms with Crippen molar-refractivity contribution in [3.05, 3.63) is 78.1 Å². The normalized spacial score (nSPS) is 13.3. The molecule has 0 spiro atoms. The molecular weight excluding hydrogens is 458 g/mol. The highest BCUT2D eigenvalue weighted by Gasteiger charge is 2.21. The van der Waals surface area contributed by atoms with Crippen LogP contribution in [-0.2, 0) is 0 Å². The molecule has 0 radical (unpaired) electrons. The van der Waals surface area contributed by atoms with Gasteiger partial charge in [0.15, 0.2) is 0 Å². The number of nitrogens with zero attached hydrogens (tertiary/aromatic N) is 4. The number of nitrogens with one attached hydrogen (secondary N) is 3. The van der Waals surface area contributed by atoms with Crippen LogP contribution in [0.3, 0.4) is 0 Å². The summed E-state index contributed by atoms with van der Waals surface area (Å²) in [6.45, 7) is 3.11. The molecule has 0 fully saturated rings. The Morgan fingerprint density at radius 2 is 1.92 bits per heavy atom. The summed E-state index contributed by atoms with van der Waals surface area (Å²) in [6, 6.07) is 10.1. The fraction of sp³-hybridized carbons (Fsp3) is 0.192. The zero-order valence-corrected chi connectivity index (χ0v) is 19.9. The van der Waals surface area contributed by atoms with E-state index < -0.39 is 0 Å². The number of pyridine rings is 1. The Morgan fingerprint density at radius 3 is 2.67 bits per heavy atom. The second-order valence-electron chi connectivity index (χ2n) is 8.36. The zero-order chi connectivity index (χ0) is 25.1. The average molecular weight is 484 g/mol. The molecule has 10 nitrogen and oxygen atoms in total. The summed E-state index contributed by atoms with van der Waals surface area (Å²) in [4.78, 5) is 42.3. The van der Waals surface area contributed by atoms with Gasteiger partial charge in [0.05, 0.1) is 5.69 Å². The van der Waals surface area contributed by atoms with Crippen molar-refractivity contribution >= 4 is 34.2 Å². The number of rotatable bonds is 5. The summed E-state index contributed by atoms with van der Waals surface area (Å²) in [7, 11) is 1.54. The lowest BCUT2D eigenvalue weighted by atomic mass is 10.0. The van der Waals surface area contributed by atoms with Crippen LogP contribution in [-0.4, -0.2) is 56.9 Å². The van der Waals surface area contributed by atoms with Crippen molar-refractivity contribution in [2.75, 3.05) is 25.5 Å². The summed E-state index contributed by atoms with van der Waals surface area (Å²) >= 11 is 0. The second-order valence-corrected chi connectivity index (χ2v) is 8.36. The van der Waals surface area contributed by atoms with Crippen LogP contribution in [0.1, 0.15) is 28.2 Å². The number of ether oxygens (including phenoxy) is 1. The minimum atomic E-state index is -0.289. The van der Waals surface area contributed by atoms with E-state index in [1.165, 1.54) is 6.20 Å². The molecule has 1 aromatic carbocycles. The van der Waals surface area contributed by atoms with Crippen molar-refractivity contribution in [3.63, 3.8) is 0 Å². The molecule has 1 aliphatic rings. The standard InChI is InChI=1S/C26H25N7O3/c1-16-14-29-24-22(16)23(30-15-31-24)17-8-11-33(12-9-17)26(35)32-18-3-5-19(6-4-18)36-20-7-10-28-21(13-20)25(34)27-2/h3-8,10,13-15H,9,11-12H2,1-2H3,(H,27,34)(H,32,35)(H,29,30,31). The predicted molar refractivity (Wildman–Crippen MR) is 136 cm³/mol. The molecule has 182 valence electrons. The van der Waals surface area contributed by atoms with Crippen LogP contribution in [0, 0.1) is 6.92 Å². The van der Waals surface area contributed by atoms with Crippen molar-refractivity contribution < 1.29 is 14.3 Å². The van der Waals surface area contributed by atoms with Gasteiger partial charge in [0, 0.05) is 49.7 Å². The number of amides is 3. The largest absolute Gasteiger partial charge is 0.457 e. The van der Waals surface area contributed by atoms with Gasteiger partial charge >= 0.3 is 6.03 Å². The van der Waals surface area contributed by atoms with Crippen LogP contribution in [0.25, 0.3) is 16.6 Å². The van der Waals surface area contributed by atoms with Crippen LogP contribution in [0.4, 0.5) is 10.5 Å². The van der Waals surface area contributed by atoms with Gasteiger partial charge in [0.1, 0.15) is 29.2 Å². The summed E-state index contributed by atoms with van der Waals surface area (Å²) in [5.74, 6) is 0.777. The Morgan fingerprint density at radius 1 is 1.08 bits per heavy atom. The fourth-order valence-electron chi connectivity index (χ4n) is 4.10. The number of carbonyl (C=O) groups is 2. The van der Waals surface area contributed by atoms with E-state index in [-0.39, 0.29) is 17.6 Å². The lowest BCUT2D eigenvalue weighted by molar-refractivity contribution is 0.0957. The molecule has 36 heavy (non-hydrogen) atoms. The van der Waals surface area contributed by atoms with Crippen LogP contribution < -0.4 is 15.4 Å². The summed E-state index contributed by atoms with van der Waals surface area (Å²) in [5, 5.41) is 6.49. The maximum absolute atomic E-state index is 12.8. The number of aryl methyl sites for hydroxylation is 1. The van der Waals surface area contributed by atoms with E-state index in [1.807, 2.05) is 13.1 Å². The average Bonchev–Trinajstić information content (AvgIpc) is 3.30. The number of benzene rings is 1. The van der Waals surface area contributed by atoms with Crippen molar-refractivity contribution in [2.24, 2.45) is 0 Å². The monoisotopic (exact) mass is 483 g/mol. The molecule has 10 heteroatoms. The van der Waals surface area contributed by atoms with Gasteiger partial charge < -0.3 is 25.3 Å². The first-order valence-corrected chi connectivity index (χ1v) is 11.5. The third-order valence-electron chi connectivity index (χ3n) is 6.00. The zero-order valence-electron chi connectivity index (χ0n) is 19.9. The molecule has 0 bridgehead atoms. The van der Waals surface area contributed by atoms with E-state index in [0.29, 0.717) is 36.7 Å². The highest BCUT2D eigenvalue weighted by molar-refractivity contribution is 5.93. The summed E-state index contributed by atoms with van der Waals surface area (Å²) in [5.41, 5.74) is 4.89. The molecule has 3 aromatic heterocycles. The molecule has 3 N–H and O–H groups in total. The third-order valence-corrected chi connectivity index (χ3v) is 6.00. The number of aromatic nitrogens is 4. The Hall–Kier alpha value is -4.73. The minimum absolute atomic E-state index is 0.172. The highest BCUT2D eigenvalue weighted by Crippen LogP contribution is 2.29. The molecule has 4 aromatic rings. The minimum Gasteiger partial charge on any atom is -0.457 e. The predicted octanol–water partition coefficient (Wildman–Crippen LogP) is 4.13. The maximum Gasteiger partial charge on any atom is 0.322 e. The van der Waals surface area contributed by atoms with E-state index in [1.54, 1.807) is 54.7 Å². The molecule has 0 unspecified atom stereocenters. The Kier molecular flexibility index (Phi) is 6.31. The van der Waals surface area contributed by atoms with E-state index in [4.69, 9.17) is 4.74 Å². The van der Waals surface area contributed by atoms with E-state index in [2.05, 4.69) is 36.6 Å². The molecule has 0 aliphatic carbocycles. The Balaban J connectivity index is 1.20. The summed E-state index contributed by atoms with van der Waals surface area (Å²) in [6.07, 6.45) is 7.77. The van der Waals surface area contributed by atoms with Crippen LogP contribution in [0.15, 0.2) is 61.2 Å². The van der Waals surface area contributed by atoms with Crippen LogP contribution in [0.2, 0.25) is 0 Å². The van der Waals surface area contributed by atoms with Gasteiger partial charge in [0.2, 0.25) is 0 Å². The van der Waals surface area contributed by atoms with Gasteiger partial charge in [-0.05, 0) is 54.8 Å². The molecule has 0 saturated heterocycles. The molecule has 3 amide bonds. The SMILES string of the molecule is CNC(=O)c1cc(Oc2ccc(NC(=O)N3CC=C(c4ncnc5[nH]cc(C)c45)CC3)cc2)ccn1. The Labute approximate surface area is 207 Å². The van der Waals surface area contributed by atoms with E-state index >= 15 is 0 Å². The van der Waals surface area contributed by atoms with Crippen LogP contribution >= 0.6 is 0 Å². The van der Waals surface area contributed by atoms with Gasteiger partial charge in [-0.25, -0.2) is 14.8 Å². The number of hydrogen-bond acceptors (Lipinski definition) is 6. The first-order chi connectivity index (χ1) is 17.5. The Bertz CT molecular complexity index is 1460. The van der Waals surface area contributed by atoms with Gasteiger partial charge in [-0.3, -0.25) is 9.78 Å². The second kappa shape index (κ2) is 9.87. The van der Waals surface area contributed by atoms with Gasteiger partial charge in [-0.2, -0.15) is 0 Å². The number of H-pyrrole nitrogens is 1. The highest BCUT2D eigenvalue weighted by atomic mass is 16.5. The van der Waals surface area contributed by atoms with E-state index in [9.17, 15) is 9.59 Å². The first-order valence-electron chi connectivity index (χ1n) is 11.5.